The van der Waals surface area contributed by atoms with Crippen LogP contribution in [0.2, 0.25) is 5.15 Å². The molecule has 1 fully saturated rings. The van der Waals surface area contributed by atoms with Gasteiger partial charge in [0.25, 0.3) is 11.5 Å². The van der Waals surface area contributed by atoms with Crippen LogP contribution >= 0.6 is 23.5 Å². The zero-order valence-electron chi connectivity index (χ0n) is 24.1. The number of anilines is 2. The molecule has 1 unspecified atom stereocenters. The van der Waals surface area contributed by atoms with Gasteiger partial charge in [0.2, 0.25) is 11.8 Å². The average Bonchev–Trinajstić information content (AvgIpc) is 3.00. The largest absolute Gasteiger partial charge is 0.480 e. The average molecular weight is 609 g/mol. The molecule has 0 saturated carbocycles. The molecule has 1 atom stereocenters. The molecule has 0 aliphatic carbocycles. The lowest BCUT2D eigenvalue weighted by atomic mass is 9.94. The fourth-order valence-electron chi connectivity index (χ4n) is 5.35. The SMILES string of the molecule is COc1cnc(C2CCN(c3nc4c(C(C)Nc5ccc(Cl)nc5C(=O)NSC)cc(C)cc4c(=O)n3C)CC2)cn1. The van der Waals surface area contributed by atoms with E-state index >= 15 is 0 Å². The molecule has 0 spiro atoms. The van der Waals surface area contributed by atoms with Gasteiger partial charge in [-0.05, 0) is 50.5 Å². The van der Waals surface area contributed by atoms with Gasteiger partial charge in [0.15, 0.2) is 5.69 Å². The standard InChI is InChI=1S/C29H33ClN8O3S/c1-16-12-19(17(2)33-21-6-7-23(30)34-26(21)27(39)36-42-5)25-20(13-16)28(40)37(3)29(35-25)38-10-8-18(9-11-38)22-14-32-24(41-4)15-31-22/h6-7,12-15,17-18,33H,8-11H2,1-5H3,(H,36,39). The molecule has 1 aliphatic rings. The van der Waals surface area contributed by atoms with Crippen LogP contribution in [0.25, 0.3) is 10.9 Å². The second kappa shape index (κ2) is 12.5. The summed E-state index contributed by atoms with van der Waals surface area (Å²) in [5, 5.41) is 4.17. The van der Waals surface area contributed by atoms with Crippen molar-refractivity contribution in [2.45, 2.75) is 38.6 Å². The van der Waals surface area contributed by atoms with Crippen LogP contribution < -0.4 is 25.2 Å². The fraction of sp³-hybridized carbons (Fsp3) is 0.379. The Morgan fingerprint density at radius 2 is 1.93 bits per heavy atom. The highest BCUT2D eigenvalue weighted by Gasteiger charge is 2.26. The highest BCUT2D eigenvalue weighted by Crippen LogP contribution is 2.32. The second-order valence-electron chi connectivity index (χ2n) is 10.3. The molecule has 1 aromatic carbocycles. The van der Waals surface area contributed by atoms with Crippen LogP contribution in [-0.4, -0.2) is 56.9 Å². The fourth-order valence-corrected chi connectivity index (χ4v) is 5.78. The number of fused-ring (bicyclic) bond motifs is 1. The van der Waals surface area contributed by atoms with E-state index in [1.54, 1.807) is 49.5 Å². The lowest BCUT2D eigenvalue weighted by Crippen LogP contribution is -2.38. The normalized spacial score (nSPS) is 14.6. The van der Waals surface area contributed by atoms with Gasteiger partial charge in [0.1, 0.15) is 5.15 Å². The number of benzene rings is 1. The quantitative estimate of drug-likeness (QED) is 0.215. The van der Waals surface area contributed by atoms with Crippen LogP contribution in [0, 0.1) is 6.92 Å². The van der Waals surface area contributed by atoms with Gasteiger partial charge in [-0.1, -0.05) is 29.6 Å². The summed E-state index contributed by atoms with van der Waals surface area (Å²) in [6, 6.07) is 6.96. The number of pyridine rings is 1. The molecule has 13 heteroatoms. The van der Waals surface area contributed by atoms with Crippen molar-refractivity contribution >= 4 is 52.0 Å². The number of aromatic nitrogens is 5. The summed E-state index contributed by atoms with van der Waals surface area (Å²) < 4.78 is 9.46. The third-order valence-corrected chi connectivity index (χ3v) is 8.09. The molecule has 4 aromatic rings. The van der Waals surface area contributed by atoms with E-state index in [9.17, 15) is 9.59 Å². The molecule has 5 rings (SSSR count). The van der Waals surface area contributed by atoms with Crippen molar-refractivity contribution in [1.82, 2.24) is 29.2 Å². The zero-order valence-corrected chi connectivity index (χ0v) is 25.7. The number of carbonyl (C=O) groups is 1. The maximum Gasteiger partial charge on any atom is 0.281 e. The number of ether oxygens (including phenoxy) is 1. The van der Waals surface area contributed by atoms with Crippen molar-refractivity contribution in [3.63, 3.8) is 0 Å². The molecule has 0 radical (unpaired) electrons. The van der Waals surface area contributed by atoms with Crippen LogP contribution in [0.4, 0.5) is 11.6 Å². The first-order valence-electron chi connectivity index (χ1n) is 13.6. The number of nitrogens with one attached hydrogen (secondary N) is 2. The minimum atomic E-state index is -0.355. The number of halogens is 1. The van der Waals surface area contributed by atoms with Crippen molar-refractivity contribution in [3.05, 3.63) is 74.7 Å². The molecule has 0 bridgehead atoms. The molecule has 3 aromatic heterocycles. The van der Waals surface area contributed by atoms with E-state index in [4.69, 9.17) is 21.3 Å². The maximum atomic E-state index is 13.6. The minimum Gasteiger partial charge on any atom is -0.480 e. The predicted molar refractivity (Wildman–Crippen MR) is 167 cm³/mol. The second-order valence-corrected chi connectivity index (χ2v) is 11.3. The first-order chi connectivity index (χ1) is 20.2. The molecule has 42 heavy (non-hydrogen) atoms. The van der Waals surface area contributed by atoms with E-state index < -0.39 is 0 Å². The number of piperidine rings is 1. The van der Waals surface area contributed by atoms with E-state index in [2.05, 4.69) is 29.9 Å². The highest BCUT2D eigenvalue weighted by molar-refractivity contribution is 7.97. The summed E-state index contributed by atoms with van der Waals surface area (Å²) in [6.45, 7) is 5.38. The number of hydrogen-bond donors (Lipinski definition) is 2. The van der Waals surface area contributed by atoms with E-state index in [1.807, 2.05) is 26.0 Å². The smallest absolute Gasteiger partial charge is 0.281 e. The minimum absolute atomic E-state index is 0.108. The van der Waals surface area contributed by atoms with Gasteiger partial charge in [-0.3, -0.25) is 23.9 Å². The Kier molecular flexibility index (Phi) is 8.83. The first-order valence-corrected chi connectivity index (χ1v) is 15.2. The van der Waals surface area contributed by atoms with Gasteiger partial charge in [-0.25, -0.2) is 15.0 Å². The Morgan fingerprint density at radius 3 is 2.60 bits per heavy atom. The van der Waals surface area contributed by atoms with E-state index in [0.29, 0.717) is 28.4 Å². The van der Waals surface area contributed by atoms with Crippen LogP contribution in [-0.2, 0) is 7.05 Å². The number of aryl methyl sites for hydroxylation is 1. The van der Waals surface area contributed by atoms with Crippen LogP contribution in [0.3, 0.4) is 0 Å². The van der Waals surface area contributed by atoms with Crippen LogP contribution in [0.5, 0.6) is 5.88 Å². The third kappa shape index (κ3) is 6.00. The summed E-state index contributed by atoms with van der Waals surface area (Å²) in [7, 11) is 3.34. The van der Waals surface area contributed by atoms with Crippen LogP contribution in [0.1, 0.15) is 59.0 Å². The first kappa shape index (κ1) is 29.6. The topological polar surface area (TPSA) is 127 Å². The molecular formula is C29H33ClN8O3S. The van der Waals surface area contributed by atoms with Gasteiger partial charge >= 0.3 is 0 Å². The number of carbonyl (C=O) groups excluding carboxylic acids is 1. The molecule has 1 saturated heterocycles. The molecule has 1 amide bonds. The Hall–Kier alpha value is -3.90. The molecule has 11 nitrogen and oxygen atoms in total. The lowest BCUT2D eigenvalue weighted by Gasteiger charge is -2.33. The van der Waals surface area contributed by atoms with Crippen molar-refractivity contribution in [2.24, 2.45) is 7.05 Å². The zero-order chi connectivity index (χ0) is 30.0. The maximum absolute atomic E-state index is 13.6. The summed E-state index contributed by atoms with van der Waals surface area (Å²) in [5.74, 6) is 1.03. The number of methoxy groups -OCH3 is 1. The van der Waals surface area contributed by atoms with Gasteiger partial charge < -0.3 is 15.0 Å². The Morgan fingerprint density at radius 1 is 1.17 bits per heavy atom. The van der Waals surface area contributed by atoms with Gasteiger partial charge in [0.05, 0.1) is 47.8 Å². The van der Waals surface area contributed by atoms with Crippen molar-refractivity contribution in [2.75, 3.05) is 36.7 Å². The van der Waals surface area contributed by atoms with Crippen molar-refractivity contribution < 1.29 is 9.53 Å². The van der Waals surface area contributed by atoms with Gasteiger partial charge in [-0.2, -0.15) is 0 Å². The number of nitrogens with zero attached hydrogens (tertiary/aromatic N) is 6. The van der Waals surface area contributed by atoms with E-state index in [1.165, 1.54) is 11.9 Å². The molecule has 220 valence electrons. The number of hydrogen-bond acceptors (Lipinski definition) is 10. The Bertz CT molecular complexity index is 1670. The van der Waals surface area contributed by atoms with E-state index in [-0.39, 0.29) is 34.3 Å². The summed E-state index contributed by atoms with van der Waals surface area (Å²) in [4.78, 5) is 46.6. The Labute approximate surface area is 253 Å². The molecule has 2 N–H and O–H groups in total. The van der Waals surface area contributed by atoms with Crippen LogP contribution in [0.15, 0.2) is 41.5 Å². The summed E-state index contributed by atoms with van der Waals surface area (Å²) in [5.41, 5.74) is 3.96. The number of rotatable bonds is 8. The van der Waals surface area contributed by atoms with Gasteiger partial charge in [0, 0.05) is 37.9 Å². The number of amides is 1. The summed E-state index contributed by atoms with van der Waals surface area (Å²) >= 11 is 7.29. The summed E-state index contributed by atoms with van der Waals surface area (Å²) in [6.07, 6.45) is 6.90. The monoisotopic (exact) mass is 608 g/mol. The van der Waals surface area contributed by atoms with E-state index in [0.717, 1.165) is 42.8 Å². The lowest BCUT2D eigenvalue weighted by molar-refractivity contribution is 0.0980. The molecule has 1 aliphatic heterocycles. The van der Waals surface area contributed by atoms with Crippen molar-refractivity contribution in [1.29, 1.82) is 0 Å². The van der Waals surface area contributed by atoms with Gasteiger partial charge in [-0.15, -0.1) is 0 Å². The Balaban J connectivity index is 1.46. The molecular weight excluding hydrogens is 576 g/mol. The highest BCUT2D eigenvalue weighted by atomic mass is 35.5. The predicted octanol–water partition coefficient (Wildman–Crippen LogP) is 4.65. The third-order valence-electron chi connectivity index (χ3n) is 7.49. The van der Waals surface area contributed by atoms with Crippen molar-refractivity contribution in [3.8, 4) is 5.88 Å². The molecule has 4 heterocycles.